The number of carbonyl (C=O) groups is 2. The van der Waals surface area contributed by atoms with Crippen LogP contribution in [0.4, 0.5) is 11.4 Å². The molecule has 2 aromatic rings. The maximum Gasteiger partial charge on any atom is 0.267 e. The van der Waals surface area contributed by atoms with Crippen LogP contribution in [0.3, 0.4) is 0 Å². The monoisotopic (exact) mass is 384 g/mol. The number of methoxy groups -OCH3 is 2. The van der Waals surface area contributed by atoms with Crippen molar-refractivity contribution >= 4 is 23.2 Å². The molecule has 0 spiro atoms. The molecule has 1 unspecified atom stereocenters. The van der Waals surface area contributed by atoms with Gasteiger partial charge in [0, 0.05) is 18.3 Å². The van der Waals surface area contributed by atoms with Gasteiger partial charge in [0.15, 0.2) is 6.10 Å². The van der Waals surface area contributed by atoms with Gasteiger partial charge in [-0.15, -0.1) is 0 Å². The zero-order chi connectivity index (χ0) is 20.3. The molecule has 0 fully saturated rings. The fraction of sp³-hybridized carbons (Fsp3) is 0.333. The van der Waals surface area contributed by atoms with E-state index in [9.17, 15) is 9.59 Å². The Labute approximate surface area is 164 Å². The van der Waals surface area contributed by atoms with Crippen molar-refractivity contribution < 1.29 is 23.8 Å². The largest absolute Gasteiger partial charge is 0.496 e. The second kappa shape index (κ2) is 8.21. The number of rotatable bonds is 6. The average Bonchev–Trinajstić information content (AvgIpc) is 2.70. The van der Waals surface area contributed by atoms with E-state index in [-0.39, 0.29) is 11.8 Å². The lowest BCUT2D eigenvalue weighted by Crippen LogP contribution is -2.44. The molecule has 28 heavy (non-hydrogen) atoms. The SMILES string of the molecule is CCCN1C(=O)C(C)Oc2cc(NC(=O)c3c(OC)cccc3OC)ccc21. The maximum atomic E-state index is 12.8. The first kappa shape index (κ1) is 19.5. The normalized spacial score (nSPS) is 15.5. The zero-order valence-corrected chi connectivity index (χ0v) is 16.4. The Kier molecular flexibility index (Phi) is 5.73. The number of nitrogens with zero attached hydrogens (tertiary/aromatic N) is 1. The summed E-state index contributed by atoms with van der Waals surface area (Å²) < 4.78 is 16.3. The number of amides is 2. The van der Waals surface area contributed by atoms with Gasteiger partial charge in [0.2, 0.25) is 0 Å². The first-order valence-electron chi connectivity index (χ1n) is 9.14. The van der Waals surface area contributed by atoms with Gasteiger partial charge in [0.25, 0.3) is 11.8 Å². The van der Waals surface area contributed by atoms with Gasteiger partial charge in [-0.3, -0.25) is 9.59 Å². The molecule has 1 aliphatic heterocycles. The maximum absolute atomic E-state index is 12.8. The summed E-state index contributed by atoms with van der Waals surface area (Å²) in [6.07, 6.45) is 0.267. The molecule has 2 aromatic carbocycles. The summed E-state index contributed by atoms with van der Waals surface area (Å²) in [7, 11) is 3.00. The Hall–Kier alpha value is -3.22. The summed E-state index contributed by atoms with van der Waals surface area (Å²) in [5, 5.41) is 2.85. The van der Waals surface area contributed by atoms with Crippen LogP contribution in [0.1, 0.15) is 30.6 Å². The van der Waals surface area contributed by atoms with Crippen molar-refractivity contribution in [1.29, 1.82) is 0 Å². The molecule has 2 amide bonds. The van der Waals surface area contributed by atoms with Gasteiger partial charge in [-0.2, -0.15) is 0 Å². The summed E-state index contributed by atoms with van der Waals surface area (Å²) in [5.41, 5.74) is 1.56. The third-order valence-corrected chi connectivity index (χ3v) is 4.53. The Morgan fingerprint density at radius 3 is 2.46 bits per heavy atom. The van der Waals surface area contributed by atoms with Crippen LogP contribution in [-0.2, 0) is 4.79 Å². The minimum Gasteiger partial charge on any atom is -0.496 e. The van der Waals surface area contributed by atoms with Gasteiger partial charge >= 0.3 is 0 Å². The summed E-state index contributed by atoms with van der Waals surface area (Å²) in [6, 6.07) is 10.4. The smallest absolute Gasteiger partial charge is 0.267 e. The number of benzene rings is 2. The molecule has 0 bridgehead atoms. The highest BCUT2D eigenvalue weighted by Crippen LogP contribution is 2.37. The van der Waals surface area contributed by atoms with Crippen LogP contribution in [0.2, 0.25) is 0 Å². The van der Waals surface area contributed by atoms with Crippen LogP contribution in [0.15, 0.2) is 36.4 Å². The Morgan fingerprint density at radius 1 is 1.18 bits per heavy atom. The van der Waals surface area contributed by atoms with Crippen LogP contribution >= 0.6 is 0 Å². The Morgan fingerprint density at radius 2 is 1.86 bits per heavy atom. The van der Waals surface area contributed by atoms with Crippen LogP contribution < -0.4 is 24.4 Å². The minimum atomic E-state index is -0.570. The van der Waals surface area contributed by atoms with Crippen LogP contribution in [-0.4, -0.2) is 38.7 Å². The molecule has 1 aliphatic rings. The lowest BCUT2D eigenvalue weighted by molar-refractivity contribution is -0.125. The van der Waals surface area contributed by atoms with Gasteiger partial charge in [-0.25, -0.2) is 0 Å². The molecule has 0 radical (unpaired) electrons. The standard InChI is InChI=1S/C21H24N2O5/c1-5-11-23-15-10-9-14(12-18(15)28-13(2)21(23)25)22-20(24)19-16(26-3)7-6-8-17(19)27-4/h6-10,12-13H,5,11H2,1-4H3,(H,22,24). The van der Waals surface area contributed by atoms with Crippen molar-refractivity contribution in [2.45, 2.75) is 26.4 Å². The van der Waals surface area contributed by atoms with Crippen molar-refractivity contribution in [2.24, 2.45) is 0 Å². The van der Waals surface area contributed by atoms with E-state index in [0.717, 1.165) is 6.42 Å². The van der Waals surface area contributed by atoms with Gasteiger partial charge in [0.1, 0.15) is 22.8 Å². The lowest BCUT2D eigenvalue weighted by atomic mass is 10.1. The highest BCUT2D eigenvalue weighted by molar-refractivity contribution is 6.08. The van der Waals surface area contributed by atoms with E-state index >= 15 is 0 Å². The van der Waals surface area contributed by atoms with E-state index in [4.69, 9.17) is 14.2 Å². The molecule has 7 heteroatoms. The molecule has 1 N–H and O–H groups in total. The molecule has 0 aliphatic carbocycles. The number of hydrogen-bond acceptors (Lipinski definition) is 5. The van der Waals surface area contributed by atoms with Gasteiger partial charge in [-0.05, 0) is 37.6 Å². The number of carbonyl (C=O) groups excluding carboxylic acids is 2. The second-order valence-electron chi connectivity index (χ2n) is 6.42. The molecule has 0 aromatic heterocycles. The van der Waals surface area contributed by atoms with E-state index in [1.807, 2.05) is 6.92 Å². The third-order valence-electron chi connectivity index (χ3n) is 4.53. The first-order chi connectivity index (χ1) is 13.5. The Balaban J connectivity index is 1.90. The van der Waals surface area contributed by atoms with Crippen molar-refractivity contribution in [1.82, 2.24) is 0 Å². The number of hydrogen-bond donors (Lipinski definition) is 1. The molecule has 0 saturated carbocycles. The predicted octanol–water partition coefficient (Wildman–Crippen LogP) is 3.48. The van der Waals surface area contributed by atoms with E-state index in [1.165, 1.54) is 14.2 Å². The minimum absolute atomic E-state index is 0.0649. The lowest BCUT2D eigenvalue weighted by Gasteiger charge is -2.33. The van der Waals surface area contributed by atoms with Crippen LogP contribution in [0.5, 0.6) is 17.2 Å². The fourth-order valence-corrected chi connectivity index (χ4v) is 3.21. The van der Waals surface area contributed by atoms with Crippen molar-refractivity contribution in [3.8, 4) is 17.2 Å². The average molecular weight is 384 g/mol. The molecular weight excluding hydrogens is 360 g/mol. The molecule has 148 valence electrons. The molecule has 1 atom stereocenters. The number of anilines is 2. The fourth-order valence-electron chi connectivity index (χ4n) is 3.21. The molecule has 3 rings (SSSR count). The van der Waals surface area contributed by atoms with Crippen LogP contribution in [0.25, 0.3) is 0 Å². The number of ether oxygens (including phenoxy) is 3. The van der Waals surface area contributed by atoms with Gasteiger partial charge < -0.3 is 24.4 Å². The van der Waals surface area contributed by atoms with Crippen LogP contribution in [0, 0.1) is 0 Å². The topological polar surface area (TPSA) is 77.1 Å². The number of fused-ring (bicyclic) bond motifs is 1. The van der Waals surface area contributed by atoms with Crippen molar-refractivity contribution in [2.75, 3.05) is 31.0 Å². The van der Waals surface area contributed by atoms with Gasteiger partial charge in [0.05, 0.1) is 19.9 Å². The second-order valence-corrected chi connectivity index (χ2v) is 6.42. The van der Waals surface area contributed by atoms with E-state index in [2.05, 4.69) is 5.32 Å². The summed E-state index contributed by atoms with van der Waals surface area (Å²) in [5.74, 6) is 0.966. The number of nitrogens with one attached hydrogen (secondary N) is 1. The highest BCUT2D eigenvalue weighted by atomic mass is 16.5. The highest BCUT2D eigenvalue weighted by Gasteiger charge is 2.31. The predicted molar refractivity (Wildman–Crippen MR) is 107 cm³/mol. The summed E-state index contributed by atoms with van der Waals surface area (Å²) >= 11 is 0. The van der Waals surface area contributed by atoms with Crippen molar-refractivity contribution in [3.05, 3.63) is 42.0 Å². The van der Waals surface area contributed by atoms with E-state index in [0.29, 0.717) is 40.7 Å². The molecule has 1 heterocycles. The van der Waals surface area contributed by atoms with E-state index in [1.54, 1.807) is 48.2 Å². The molecule has 7 nitrogen and oxygen atoms in total. The van der Waals surface area contributed by atoms with Gasteiger partial charge in [-0.1, -0.05) is 13.0 Å². The first-order valence-corrected chi connectivity index (χ1v) is 9.14. The zero-order valence-electron chi connectivity index (χ0n) is 16.4. The van der Waals surface area contributed by atoms with Crippen molar-refractivity contribution in [3.63, 3.8) is 0 Å². The van der Waals surface area contributed by atoms with E-state index < -0.39 is 6.10 Å². The molecular formula is C21H24N2O5. The quantitative estimate of drug-likeness (QED) is 0.825. The molecule has 0 saturated heterocycles. The Bertz CT molecular complexity index is 874. The third kappa shape index (κ3) is 3.60. The summed E-state index contributed by atoms with van der Waals surface area (Å²) in [4.78, 5) is 26.9. The summed E-state index contributed by atoms with van der Waals surface area (Å²) in [6.45, 7) is 4.35.